The van der Waals surface area contributed by atoms with Crippen molar-refractivity contribution in [2.24, 2.45) is 0 Å². The van der Waals surface area contributed by atoms with Gasteiger partial charge in [-0.3, -0.25) is 4.79 Å². The maximum atomic E-state index is 12.7. The predicted octanol–water partition coefficient (Wildman–Crippen LogP) is 3.22. The van der Waals surface area contributed by atoms with Gasteiger partial charge in [0, 0.05) is 10.6 Å². The zero-order valence-corrected chi connectivity index (χ0v) is 16.0. The average Bonchev–Trinajstić information content (AvgIpc) is 3.09. The molecular formula is C20H19NO5S. The number of benzene rings is 2. The van der Waals surface area contributed by atoms with Gasteiger partial charge in [-0.05, 0) is 43.2 Å². The number of thioether (sulfide) groups is 1. The molecule has 0 bridgehead atoms. The standard InChI is InChI=1S/C20H19NO5S/c1-11-4-5-12-10-17(27-16(12)6-11)18(22)21-15-8-13(19(23)25-2)7-14(9-15)20(24)26-3/h4-9,17H,10H2,1-3H3,(H,21,22)/t17-/m0/s1. The number of amides is 1. The van der Waals surface area contributed by atoms with Crippen molar-refractivity contribution in [2.45, 2.75) is 23.5 Å². The predicted molar refractivity (Wildman–Crippen MR) is 102 cm³/mol. The first-order valence-electron chi connectivity index (χ1n) is 8.30. The van der Waals surface area contributed by atoms with Crippen LogP contribution >= 0.6 is 11.8 Å². The largest absolute Gasteiger partial charge is 0.465 e. The lowest BCUT2D eigenvalue weighted by molar-refractivity contribution is -0.115. The summed E-state index contributed by atoms with van der Waals surface area (Å²) in [7, 11) is 2.50. The number of hydrogen-bond donors (Lipinski definition) is 1. The van der Waals surface area contributed by atoms with E-state index in [1.165, 1.54) is 44.2 Å². The molecule has 2 aromatic rings. The van der Waals surface area contributed by atoms with E-state index in [1.807, 2.05) is 19.1 Å². The van der Waals surface area contributed by atoms with E-state index in [0.717, 1.165) is 16.0 Å². The van der Waals surface area contributed by atoms with Crippen LogP contribution in [0.15, 0.2) is 41.3 Å². The highest BCUT2D eigenvalue weighted by atomic mass is 32.2. The molecule has 1 atom stereocenters. The Morgan fingerprint density at radius 1 is 1.00 bits per heavy atom. The van der Waals surface area contributed by atoms with E-state index in [1.54, 1.807) is 0 Å². The summed E-state index contributed by atoms with van der Waals surface area (Å²) in [6, 6.07) is 10.5. The van der Waals surface area contributed by atoms with E-state index in [-0.39, 0.29) is 22.3 Å². The molecule has 1 amide bonds. The first-order chi connectivity index (χ1) is 12.9. The summed E-state index contributed by atoms with van der Waals surface area (Å²) >= 11 is 1.51. The van der Waals surface area contributed by atoms with Gasteiger partial charge < -0.3 is 14.8 Å². The van der Waals surface area contributed by atoms with Crippen LogP contribution < -0.4 is 5.32 Å². The molecule has 2 aromatic carbocycles. The van der Waals surface area contributed by atoms with Crippen molar-refractivity contribution >= 4 is 35.3 Å². The molecule has 7 heteroatoms. The molecule has 0 saturated heterocycles. The highest BCUT2D eigenvalue weighted by molar-refractivity contribution is 8.01. The molecular weight excluding hydrogens is 366 g/mol. The normalized spacial score (nSPS) is 15.0. The Balaban J connectivity index is 1.81. The van der Waals surface area contributed by atoms with E-state index in [0.29, 0.717) is 12.1 Å². The molecule has 0 aromatic heterocycles. The summed E-state index contributed by atoms with van der Waals surface area (Å²) in [6.45, 7) is 2.01. The van der Waals surface area contributed by atoms with Crippen LogP contribution in [0.2, 0.25) is 0 Å². The second-order valence-corrected chi connectivity index (χ2v) is 7.44. The van der Waals surface area contributed by atoms with E-state index in [9.17, 15) is 14.4 Å². The lowest BCUT2D eigenvalue weighted by atomic mass is 10.1. The maximum Gasteiger partial charge on any atom is 0.337 e. The Morgan fingerprint density at radius 2 is 1.63 bits per heavy atom. The number of rotatable bonds is 4. The second kappa shape index (κ2) is 7.84. The number of nitrogens with one attached hydrogen (secondary N) is 1. The fourth-order valence-electron chi connectivity index (χ4n) is 2.87. The Morgan fingerprint density at radius 3 is 2.22 bits per heavy atom. The molecule has 1 aliphatic rings. The molecule has 140 valence electrons. The van der Waals surface area contributed by atoms with Gasteiger partial charge in [0.25, 0.3) is 0 Å². The topological polar surface area (TPSA) is 81.7 Å². The lowest BCUT2D eigenvalue weighted by Crippen LogP contribution is -2.25. The van der Waals surface area contributed by atoms with E-state index >= 15 is 0 Å². The van der Waals surface area contributed by atoms with Crippen LogP contribution in [0.5, 0.6) is 0 Å². The Bertz CT molecular complexity index is 890. The molecule has 0 spiro atoms. The highest BCUT2D eigenvalue weighted by Gasteiger charge is 2.28. The van der Waals surface area contributed by atoms with Gasteiger partial charge in [-0.15, -0.1) is 11.8 Å². The number of carbonyl (C=O) groups excluding carboxylic acids is 3. The number of carbonyl (C=O) groups is 3. The lowest BCUT2D eigenvalue weighted by Gasteiger charge is -2.12. The van der Waals surface area contributed by atoms with Crippen molar-refractivity contribution in [1.82, 2.24) is 0 Å². The maximum absolute atomic E-state index is 12.7. The minimum absolute atomic E-state index is 0.161. The van der Waals surface area contributed by atoms with Gasteiger partial charge in [0.15, 0.2) is 0 Å². The molecule has 1 heterocycles. The number of hydrogen-bond acceptors (Lipinski definition) is 6. The first kappa shape index (κ1) is 19.0. The smallest absolute Gasteiger partial charge is 0.337 e. The van der Waals surface area contributed by atoms with Gasteiger partial charge in [-0.25, -0.2) is 9.59 Å². The van der Waals surface area contributed by atoms with Crippen LogP contribution in [0.25, 0.3) is 0 Å². The minimum Gasteiger partial charge on any atom is -0.465 e. The van der Waals surface area contributed by atoms with Crippen molar-refractivity contribution in [1.29, 1.82) is 0 Å². The third kappa shape index (κ3) is 4.14. The molecule has 3 rings (SSSR count). The molecule has 0 saturated carbocycles. The van der Waals surface area contributed by atoms with Crippen LogP contribution in [0.3, 0.4) is 0 Å². The summed E-state index contributed by atoms with van der Waals surface area (Å²) in [6.07, 6.45) is 0.632. The third-order valence-corrected chi connectivity index (χ3v) is 5.53. The van der Waals surface area contributed by atoms with Crippen LogP contribution in [0.4, 0.5) is 5.69 Å². The first-order valence-corrected chi connectivity index (χ1v) is 9.18. The fraction of sp³-hybridized carbons (Fsp3) is 0.250. The van der Waals surface area contributed by atoms with Crippen molar-refractivity contribution < 1.29 is 23.9 Å². The molecule has 0 fully saturated rings. The van der Waals surface area contributed by atoms with E-state index in [2.05, 4.69) is 11.4 Å². The number of anilines is 1. The highest BCUT2D eigenvalue weighted by Crippen LogP contribution is 2.38. The van der Waals surface area contributed by atoms with Crippen LogP contribution in [0, 0.1) is 6.92 Å². The summed E-state index contributed by atoms with van der Waals surface area (Å²) in [5.74, 6) is -1.39. The quantitative estimate of drug-likeness (QED) is 0.814. The molecule has 0 aliphatic carbocycles. The Labute approximate surface area is 161 Å². The molecule has 0 unspecified atom stereocenters. The van der Waals surface area contributed by atoms with Crippen LogP contribution in [-0.4, -0.2) is 37.3 Å². The fourth-order valence-corrected chi connectivity index (χ4v) is 4.17. The number of ether oxygens (including phenoxy) is 2. The molecule has 1 N–H and O–H groups in total. The van der Waals surface area contributed by atoms with Gasteiger partial charge in [-0.1, -0.05) is 17.7 Å². The van der Waals surface area contributed by atoms with Gasteiger partial charge >= 0.3 is 11.9 Å². The van der Waals surface area contributed by atoms with Gasteiger partial charge in [0.1, 0.15) is 0 Å². The Hall–Kier alpha value is -2.80. The summed E-state index contributed by atoms with van der Waals surface area (Å²) in [5, 5.41) is 2.52. The Kier molecular flexibility index (Phi) is 5.51. The van der Waals surface area contributed by atoms with Crippen molar-refractivity contribution in [2.75, 3.05) is 19.5 Å². The second-order valence-electron chi connectivity index (χ2n) is 6.19. The van der Waals surface area contributed by atoms with E-state index < -0.39 is 11.9 Å². The average molecular weight is 385 g/mol. The van der Waals surface area contributed by atoms with E-state index in [4.69, 9.17) is 9.47 Å². The SMILES string of the molecule is COC(=O)c1cc(NC(=O)[C@@H]2Cc3ccc(C)cc3S2)cc(C(=O)OC)c1. The number of methoxy groups -OCH3 is 2. The van der Waals surface area contributed by atoms with Crippen LogP contribution in [0.1, 0.15) is 31.8 Å². The number of fused-ring (bicyclic) bond motifs is 1. The zero-order chi connectivity index (χ0) is 19.6. The van der Waals surface area contributed by atoms with Crippen molar-refractivity contribution in [3.63, 3.8) is 0 Å². The summed E-state index contributed by atoms with van der Waals surface area (Å²) in [4.78, 5) is 37.5. The number of esters is 2. The van der Waals surface area contributed by atoms with Gasteiger partial charge in [0.2, 0.25) is 5.91 Å². The number of aryl methyl sites for hydroxylation is 1. The van der Waals surface area contributed by atoms with Crippen LogP contribution in [-0.2, 0) is 20.7 Å². The third-order valence-electron chi connectivity index (χ3n) is 4.23. The molecule has 6 nitrogen and oxygen atoms in total. The molecule has 27 heavy (non-hydrogen) atoms. The minimum atomic E-state index is -0.602. The summed E-state index contributed by atoms with van der Waals surface area (Å²) in [5.41, 5.74) is 2.96. The van der Waals surface area contributed by atoms with Gasteiger partial charge in [-0.2, -0.15) is 0 Å². The van der Waals surface area contributed by atoms with Gasteiger partial charge in [0.05, 0.1) is 30.6 Å². The summed E-state index contributed by atoms with van der Waals surface area (Å²) < 4.78 is 9.42. The molecule has 0 radical (unpaired) electrons. The van der Waals surface area contributed by atoms with Crippen molar-refractivity contribution in [3.8, 4) is 0 Å². The van der Waals surface area contributed by atoms with Crippen molar-refractivity contribution in [3.05, 3.63) is 58.7 Å². The molecule has 1 aliphatic heterocycles. The monoisotopic (exact) mass is 385 g/mol. The zero-order valence-electron chi connectivity index (χ0n) is 15.2.